The molecule has 0 saturated carbocycles. The van der Waals surface area contributed by atoms with Gasteiger partial charge in [0.1, 0.15) is 5.82 Å². The van der Waals surface area contributed by atoms with Crippen molar-refractivity contribution in [1.82, 2.24) is 0 Å². The molecule has 0 radical (unpaired) electrons. The van der Waals surface area contributed by atoms with Crippen LogP contribution in [-0.2, 0) is 0 Å². The first kappa shape index (κ1) is 15.0. The van der Waals surface area contributed by atoms with E-state index in [-0.39, 0.29) is 11.6 Å². The van der Waals surface area contributed by atoms with E-state index >= 15 is 0 Å². The van der Waals surface area contributed by atoms with Gasteiger partial charge in [-0.1, -0.05) is 23.8 Å². The lowest BCUT2D eigenvalue weighted by Gasteiger charge is -2.18. The molecule has 0 aliphatic carbocycles. The zero-order valence-corrected chi connectivity index (χ0v) is 12.4. The van der Waals surface area contributed by atoms with Crippen molar-refractivity contribution in [2.75, 3.05) is 5.32 Å². The highest BCUT2D eigenvalue weighted by Crippen LogP contribution is 2.24. The molecule has 1 unspecified atom stereocenters. The van der Waals surface area contributed by atoms with Crippen molar-refractivity contribution >= 4 is 11.6 Å². The summed E-state index contributed by atoms with van der Waals surface area (Å²) in [5, 5.41) is 3.27. The van der Waals surface area contributed by atoms with Gasteiger partial charge in [-0.15, -0.1) is 0 Å². The minimum absolute atomic E-state index is 0.0387. The highest BCUT2D eigenvalue weighted by Gasteiger charge is 2.12. The van der Waals surface area contributed by atoms with Crippen LogP contribution in [-0.4, -0.2) is 5.91 Å². The quantitative estimate of drug-likeness (QED) is 0.900. The fourth-order valence-electron chi connectivity index (χ4n) is 2.44. The molecule has 0 heterocycles. The first-order valence-electron chi connectivity index (χ1n) is 6.81. The Labute approximate surface area is 124 Å². The van der Waals surface area contributed by atoms with E-state index in [0.29, 0.717) is 5.69 Å². The third-order valence-corrected chi connectivity index (χ3v) is 3.51. The molecule has 4 heteroatoms. The molecule has 0 fully saturated rings. The Morgan fingerprint density at radius 1 is 1.19 bits per heavy atom. The summed E-state index contributed by atoms with van der Waals surface area (Å²) < 4.78 is 13.5. The van der Waals surface area contributed by atoms with Gasteiger partial charge < -0.3 is 11.1 Å². The van der Waals surface area contributed by atoms with Gasteiger partial charge in [0.2, 0.25) is 0 Å². The smallest absolute Gasteiger partial charge is 0.251 e. The Bertz CT molecular complexity index is 682. The molecule has 0 aliphatic heterocycles. The van der Waals surface area contributed by atoms with Gasteiger partial charge in [-0.3, -0.25) is 4.79 Å². The predicted molar refractivity (Wildman–Crippen MR) is 82.9 cm³/mol. The molecule has 2 aromatic carbocycles. The average Bonchev–Trinajstić information content (AvgIpc) is 2.40. The number of nitrogens with one attached hydrogen (secondary N) is 1. The molecule has 0 aromatic heterocycles. The van der Waals surface area contributed by atoms with Gasteiger partial charge in [-0.05, 0) is 50.1 Å². The maximum Gasteiger partial charge on any atom is 0.251 e. The average molecular weight is 286 g/mol. The van der Waals surface area contributed by atoms with Crippen LogP contribution in [0.2, 0.25) is 0 Å². The molecule has 3 N–H and O–H groups in total. The van der Waals surface area contributed by atoms with Crippen LogP contribution < -0.4 is 11.1 Å². The van der Waals surface area contributed by atoms with Crippen molar-refractivity contribution in [3.05, 3.63) is 64.5 Å². The number of amides is 1. The van der Waals surface area contributed by atoms with Gasteiger partial charge in [0.15, 0.2) is 0 Å². The number of hydrogen-bond acceptors (Lipinski definition) is 2. The SMILES string of the molecule is Cc1ccc(C(C)Nc2ccc(F)c(C(N)=O)c2)c(C)c1. The summed E-state index contributed by atoms with van der Waals surface area (Å²) in [4.78, 5) is 11.2. The van der Waals surface area contributed by atoms with Gasteiger partial charge in [-0.2, -0.15) is 0 Å². The van der Waals surface area contributed by atoms with Crippen LogP contribution in [0.4, 0.5) is 10.1 Å². The predicted octanol–water partition coefficient (Wildman–Crippen LogP) is 3.71. The highest BCUT2D eigenvalue weighted by atomic mass is 19.1. The molecule has 0 spiro atoms. The number of primary amides is 1. The van der Waals surface area contributed by atoms with E-state index in [2.05, 4.69) is 30.4 Å². The normalized spacial score (nSPS) is 12.0. The number of nitrogens with two attached hydrogens (primary N) is 1. The second kappa shape index (κ2) is 5.95. The summed E-state index contributed by atoms with van der Waals surface area (Å²) in [6.45, 7) is 6.12. The summed E-state index contributed by atoms with van der Waals surface area (Å²) in [7, 11) is 0. The lowest BCUT2D eigenvalue weighted by atomic mass is 10.00. The molecule has 3 nitrogen and oxygen atoms in total. The van der Waals surface area contributed by atoms with E-state index in [1.54, 1.807) is 6.07 Å². The van der Waals surface area contributed by atoms with Crippen molar-refractivity contribution in [3.8, 4) is 0 Å². The fraction of sp³-hybridized carbons (Fsp3) is 0.235. The topological polar surface area (TPSA) is 55.1 Å². The largest absolute Gasteiger partial charge is 0.378 e. The van der Waals surface area contributed by atoms with E-state index in [1.165, 1.54) is 23.3 Å². The second-order valence-electron chi connectivity index (χ2n) is 5.28. The molecule has 21 heavy (non-hydrogen) atoms. The lowest BCUT2D eigenvalue weighted by molar-refractivity contribution is 0.0996. The van der Waals surface area contributed by atoms with Gasteiger partial charge in [-0.25, -0.2) is 4.39 Å². The second-order valence-corrected chi connectivity index (χ2v) is 5.28. The van der Waals surface area contributed by atoms with E-state index in [4.69, 9.17) is 5.73 Å². The first-order valence-corrected chi connectivity index (χ1v) is 6.81. The maximum absolute atomic E-state index is 13.5. The monoisotopic (exact) mass is 286 g/mol. The van der Waals surface area contributed by atoms with Gasteiger partial charge >= 0.3 is 0 Å². The van der Waals surface area contributed by atoms with Crippen molar-refractivity contribution in [3.63, 3.8) is 0 Å². The highest BCUT2D eigenvalue weighted by molar-refractivity contribution is 5.94. The Kier molecular flexibility index (Phi) is 4.26. The molecule has 110 valence electrons. The number of hydrogen-bond donors (Lipinski definition) is 2. The first-order chi connectivity index (χ1) is 9.88. The van der Waals surface area contributed by atoms with Crippen molar-refractivity contribution in [2.24, 2.45) is 5.73 Å². The summed E-state index contributed by atoms with van der Waals surface area (Å²) >= 11 is 0. The molecule has 0 saturated heterocycles. The van der Waals surface area contributed by atoms with Crippen LogP contribution >= 0.6 is 0 Å². The molecular weight excluding hydrogens is 267 g/mol. The summed E-state index contributed by atoms with van der Waals surface area (Å²) in [6.07, 6.45) is 0. The number of carbonyl (C=O) groups excluding carboxylic acids is 1. The summed E-state index contributed by atoms with van der Waals surface area (Å²) in [6, 6.07) is 10.6. The Balaban J connectivity index is 2.25. The van der Waals surface area contributed by atoms with Crippen LogP contribution in [0.3, 0.4) is 0 Å². The molecule has 2 rings (SSSR count). The van der Waals surface area contributed by atoms with Gasteiger partial charge in [0.25, 0.3) is 5.91 Å². The standard InChI is InChI=1S/C17H19FN2O/c1-10-4-6-14(11(2)8-10)12(3)20-13-5-7-16(18)15(9-13)17(19)21/h4-9,12,20H,1-3H3,(H2,19,21). The Morgan fingerprint density at radius 2 is 1.90 bits per heavy atom. The summed E-state index contributed by atoms with van der Waals surface area (Å²) in [5.41, 5.74) is 9.27. The Morgan fingerprint density at radius 3 is 2.52 bits per heavy atom. The van der Waals surface area contributed by atoms with E-state index < -0.39 is 11.7 Å². The zero-order valence-electron chi connectivity index (χ0n) is 12.4. The van der Waals surface area contributed by atoms with Crippen LogP contribution in [0.15, 0.2) is 36.4 Å². The number of anilines is 1. The third kappa shape index (κ3) is 3.40. The molecule has 0 aliphatic rings. The van der Waals surface area contributed by atoms with Crippen molar-refractivity contribution in [1.29, 1.82) is 0 Å². The van der Waals surface area contributed by atoms with Crippen LogP contribution in [0.1, 0.15) is 40.0 Å². The zero-order chi connectivity index (χ0) is 15.6. The number of benzene rings is 2. The maximum atomic E-state index is 13.5. The number of carbonyl (C=O) groups is 1. The molecule has 1 amide bonds. The van der Waals surface area contributed by atoms with E-state index in [9.17, 15) is 9.18 Å². The van der Waals surface area contributed by atoms with Crippen molar-refractivity contribution in [2.45, 2.75) is 26.8 Å². The molecule has 1 atom stereocenters. The third-order valence-electron chi connectivity index (χ3n) is 3.51. The molecule has 0 bridgehead atoms. The van der Waals surface area contributed by atoms with Gasteiger partial charge in [0, 0.05) is 11.7 Å². The molecular formula is C17H19FN2O. The van der Waals surface area contributed by atoms with Crippen LogP contribution in [0.25, 0.3) is 0 Å². The minimum Gasteiger partial charge on any atom is -0.378 e. The Hall–Kier alpha value is -2.36. The number of aryl methyl sites for hydroxylation is 2. The fourth-order valence-corrected chi connectivity index (χ4v) is 2.44. The van der Waals surface area contributed by atoms with E-state index in [1.807, 2.05) is 13.8 Å². The van der Waals surface area contributed by atoms with Gasteiger partial charge in [0.05, 0.1) is 5.56 Å². The number of rotatable bonds is 4. The minimum atomic E-state index is -0.768. The van der Waals surface area contributed by atoms with Crippen LogP contribution in [0, 0.1) is 19.7 Å². The summed E-state index contributed by atoms with van der Waals surface area (Å²) in [5.74, 6) is -1.37. The van der Waals surface area contributed by atoms with E-state index in [0.717, 1.165) is 5.56 Å². The lowest BCUT2D eigenvalue weighted by Crippen LogP contribution is -2.14. The number of halogens is 1. The molecule has 2 aromatic rings. The van der Waals surface area contributed by atoms with Crippen LogP contribution in [0.5, 0.6) is 0 Å². The van der Waals surface area contributed by atoms with Crippen molar-refractivity contribution < 1.29 is 9.18 Å².